The highest BCUT2D eigenvalue weighted by atomic mass is 32.1. The minimum Gasteiger partial charge on any atom is -0.367 e. The predicted octanol–water partition coefficient (Wildman–Crippen LogP) is 3.87. The Hall–Kier alpha value is -1.98. The van der Waals surface area contributed by atoms with Crippen molar-refractivity contribution in [1.82, 2.24) is 14.9 Å². The lowest BCUT2D eigenvalue weighted by molar-refractivity contribution is 0.352. The molecular weight excluding hydrogens is 304 g/mol. The van der Waals surface area contributed by atoms with Crippen LogP contribution in [0.1, 0.15) is 12.8 Å². The molecule has 0 aliphatic carbocycles. The first-order valence-electron chi connectivity index (χ1n) is 8.16. The summed E-state index contributed by atoms with van der Waals surface area (Å²) in [7, 11) is 0. The molecule has 5 heteroatoms. The van der Waals surface area contributed by atoms with Crippen molar-refractivity contribution in [2.24, 2.45) is 0 Å². The number of nitrogens with zero attached hydrogens (tertiary/aromatic N) is 3. The SMILES string of the molecule is c1ccc(-c2cc3ncnc(NCCN4CCCC4)c3s2)cc1. The maximum Gasteiger partial charge on any atom is 0.147 e. The number of hydrogen-bond acceptors (Lipinski definition) is 5. The minimum atomic E-state index is 0.935. The van der Waals surface area contributed by atoms with E-state index in [1.165, 1.54) is 36.4 Å². The summed E-state index contributed by atoms with van der Waals surface area (Å²) in [6.07, 6.45) is 4.33. The molecule has 4 nitrogen and oxygen atoms in total. The third-order valence-corrected chi connectivity index (χ3v) is 5.47. The average molecular weight is 324 g/mol. The fourth-order valence-corrected chi connectivity index (χ4v) is 4.15. The first kappa shape index (κ1) is 14.6. The molecule has 4 rings (SSSR count). The molecule has 0 unspecified atom stereocenters. The van der Waals surface area contributed by atoms with Crippen LogP contribution in [0, 0.1) is 0 Å². The van der Waals surface area contributed by atoms with E-state index in [2.05, 4.69) is 50.5 Å². The molecule has 1 saturated heterocycles. The van der Waals surface area contributed by atoms with E-state index < -0.39 is 0 Å². The summed E-state index contributed by atoms with van der Waals surface area (Å²) >= 11 is 1.76. The number of likely N-dealkylation sites (tertiary alicyclic amines) is 1. The number of fused-ring (bicyclic) bond motifs is 1. The second kappa shape index (κ2) is 6.64. The summed E-state index contributed by atoms with van der Waals surface area (Å²) in [6, 6.07) is 12.6. The van der Waals surface area contributed by atoms with Crippen LogP contribution in [0.2, 0.25) is 0 Å². The van der Waals surface area contributed by atoms with E-state index >= 15 is 0 Å². The van der Waals surface area contributed by atoms with E-state index in [9.17, 15) is 0 Å². The van der Waals surface area contributed by atoms with Gasteiger partial charge in [-0.25, -0.2) is 9.97 Å². The average Bonchev–Trinajstić information content (AvgIpc) is 3.25. The van der Waals surface area contributed by atoms with Crippen LogP contribution in [0.4, 0.5) is 5.82 Å². The molecule has 0 amide bonds. The smallest absolute Gasteiger partial charge is 0.147 e. The van der Waals surface area contributed by atoms with Crippen LogP contribution in [0.3, 0.4) is 0 Å². The number of aromatic nitrogens is 2. The highest BCUT2D eigenvalue weighted by molar-refractivity contribution is 7.22. The summed E-state index contributed by atoms with van der Waals surface area (Å²) in [6.45, 7) is 4.49. The Morgan fingerprint density at radius 3 is 2.74 bits per heavy atom. The molecule has 0 saturated carbocycles. The van der Waals surface area contributed by atoms with Gasteiger partial charge in [0.2, 0.25) is 0 Å². The van der Waals surface area contributed by atoms with Gasteiger partial charge in [0.15, 0.2) is 0 Å². The van der Waals surface area contributed by atoms with Gasteiger partial charge in [-0.3, -0.25) is 0 Å². The van der Waals surface area contributed by atoms with Crippen molar-refractivity contribution in [2.45, 2.75) is 12.8 Å². The van der Waals surface area contributed by atoms with Gasteiger partial charge < -0.3 is 10.2 Å². The molecular formula is C18H20N4S. The van der Waals surface area contributed by atoms with Crippen molar-refractivity contribution in [1.29, 1.82) is 0 Å². The largest absolute Gasteiger partial charge is 0.367 e. The number of thiophene rings is 1. The molecule has 118 valence electrons. The van der Waals surface area contributed by atoms with E-state index in [0.717, 1.165) is 29.1 Å². The fraction of sp³-hybridized carbons (Fsp3) is 0.333. The van der Waals surface area contributed by atoms with Gasteiger partial charge in [0.05, 0.1) is 10.2 Å². The molecule has 1 aliphatic rings. The molecule has 0 spiro atoms. The van der Waals surface area contributed by atoms with Gasteiger partial charge in [-0.2, -0.15) is 0 Å². The summed E-state index contributed by atoms with van der Waals surface area (Å²) in [5, 5.41) is 3.50. The van der Waals surface area contributed by atoms with Crippen LogP contribution in [-0.2, 0) is 0 Å². The molecule has 0 bridgehead atoms. The quantitative estimate of drug-likeness (QED) is 0.773. The van der Waals surface area contributed by atoms with Crippen LogP contribution < -0.4 is 5.32 Å². The van der Waals surface area contributed by atoms with Crippen molar-refractivity contribution in [2.75, 3.05) is 31.5 Å². The first-order chi connectivity index (χ1) is 11.4. The fourth-order valence-electron chi connectivity index (χ4n) is 3.06. The maximum atomic E-state index is 4.45. The normalized spacial score (nSPS) is 15.3. The minimum absolute atomic E-state index is 0.935. The number of nitrogens with one attached hydrogen (secondary N) is 1. The van der Waals surface area contributed by atoms with Gasteiger partial charge in [-0.15, -0.1) is 11.3 Å². The van der Waals surface area contributed by atoms with Crippen molar-refractivity contribution in [3.05, 3.63) is 42.7 Å². The molecule has 3 aromatic rings. The van der Waals surface area contributed by atoms with Crippen LogP contribution in [0.5, 0.6) is 0 Å². The Kier molecular flexibility index (Phi) is 4.22. The molecule has 1 aromatic carbocycles. The van der Waals surface area contributed by atoms with E-state index in [1.54, 1.807) is 17.7 Å². The molecule has 23 heavy (non-hydrogen) atoms. The number of hydrogen-bond donors (Lipinski definition) is 1. The maximum absolute atomic E-state index is 4.45. The third-order valence-electron chi connectivity index (χ3n) is 4.29. The van der Waals surface area contributed by atoms with Gasteiger partial charge >= 0.3 is 0 Å². The Morgan fingerprint density at radius 1 is 1.09 bits per heavy atom. The zero-order chi connectivity index (χ0) is 15.5. The third kappa shape index (κ3) is 3.21. The van der Waals surface area contributed by atoms with Gasteiger partial charge in [-0.05, 0) is 37.6 Å². The number of rotatable bonds is 5. The Labute approximate surface area is 140 Å². The zero-order valence-corrected chi connectivity index (χ0v) is 13.9. The lowest BCUT2D eigenvalue weighted by Crippen LogP contribution is -2.26. The molecule has 1 fully saturated rings. The molecule has 0 radical (unpaired) electrons. The highest BCUT2D eigenvalue weighted by Gasteiger charge is 2.12. The lowest BCUT2D eigenvalue weighted by Gasteiger charge is -2.15. The predicted molar refractivity (Wildman–Crippen MR) is 97.0 cm³/mol. The lowest BCUT2D eigenvalue weighted by atomic mass is 10.2. The summed E-state index contributed by atoms with van der Waals surface area (Å²) in [4.78, 5) is 12.6. The van der Waals surface area contributed by atoms with Gasteiger partial charge in [0, 0.05) is 18.0 Å². The van der Waals surface area contributed by atoms with E-state index in [4.69, 9.17) is 0 Å². The summed E-state index contributed by atoms with van der Waals surface area (Å²) in [5.41, 5.74) is 2.26. The van der Waals surface area contributed by atoms with Crippen LogP contribution >= 0.6 is 11.3 Å². The van der Waals surface area contributed by atoms with Gasteiger partial charge in [-0.1, -0.05) is 30.3 Å². The topological polar surface area (TPSA) is 41.1 Å². The van der Waals surface area contributed by atoms with Crippen molar-refractivity contribution < 1.29 is 0 Å². The second-order valence-electron chi connectivity index (χ2n) is 5.89. The van der Waals surface area contributed by atoms with Gasteiger partial charge in [0.25, 0.3) is 0 Å². The van der Waals surface area contributed by atoms with Gasteiger partial charge in [0.1, 0.15) is 12.1 Å². The van der Waals surface area contributed by atoms with Crippen LogP contribution in [0.25, 0.3) is 20.7 Å². The van der Waals surface area contributed by atoms with Crippen LogP contribution in [0.15, 0.2) is 42.7 Å². The highest BCUT2D eigenvalue weighted by Crippen LogP contribution is 2.35. The van der Waals surface area contributed by atoms with E-state index in [0.29, 0.717) is 0 Å². The van der Waals surface area contributed by atoms with E-state index in [1.807, 2.05) is 6.07 Å². The molecule has 2 aromatic heterocycles. The van der Waals surface area contributed by atoms with Crippen molar-refractivity contribution in [3.8, 4) is 10.4 Å². The number of benzene rings is 1. The molecule has 0 atom stereocenters. The summed E-state index contributed by atoms with van der Waals surface area (Å²) < 4.78 is 1.15. The monoisotopic (exact) mass is 324 g/mol. The van der Waals surface area contributed by atoms with Crippen LogP contribution in [-0.4, -0.2) is 41.0 Å². The molecule has 3 heterocycles. The molecule has 1 aliphatic heterocycles. The summed E-state index contributed by atoms with van der Waals surface area (Å²) in [5.74, 6) is 0.960. The van der Waals surface area contributed by atoms with Crippen molar-refractivity contribution >= 4 is 27.4 Å². The second-order valence-corrected chi connectivity index (χ2v) is 6.94. The van der Waals surface area contributed by atoms with Crippen molar-refractivity contribution in [3.63, 3.8) is 0 Å². The Morgan fingerprint density at radius 2 is 1.91 bits per heavy atom. The standard InChI is InChI=1S/C18H20N4S/c1-2-6-14(7-3-1)16-12-15-17(23-16)18(21-13-20-15)19-8-11-22-9-4-5-10-22/h1-3,6-7,12-13H,4-5,8-11H2,(H,19,20,21). The Bertz CT molecular complexity index is 778. The zero-order valence-electron chi connectivity index (χ0n) is 13.0. The molecule has 1 N–H and O–H groups in total. The Balaban J connectivity index is 1.54. The first-order valence-corrected chi connectivity index (χ1v) is 8.98. The van der Waals surface area contributed by atoms with E-state index in [-0.39, 0.29) is 0 Å². The number of anilines is 1.